The van der Waals surface area contributed by atoms with Crippen molar-refractivity contribution in [3.05, 3.63) is 108 Å². The van der Waals surface area contributed by atoms with Crippen LogP contribution in [0.2, 0.25) is 0 Å². The van der Waals surface area contributed by atoms with Crippen molar-refractivity contribution in [2.24, 2.45) is 0 Å². The molecule has 0 amide bonds. The Morgan fingerprint density at radius 2 is 1.18 bits per heavy atom. The lowest BCUT2D eigenvalue weighted by molar-refractivity contribution is -0.255. The molecule has 0 radical (unpaired) electrons. The molecule has 0 saturated carbocycles. The van der Waals surface area contributed by atoms with Crippen LogP contribution in [-0.2, 0) is 57.9 Å². The van der Waals surface area contributed by atoms with Gasteiger partial charge in [-0.3, -0.25) is 8.98 Å². The first kappa shape index (κ1) is 30.0. The molecule has 1 saturated heterocycles. The summed E-state index contributed by atoms with van der Waals surface area (Å²) in [6.45, 7) is 2.34. The third-order valence-electron chi connectivity index (χ3n) is 6.47. The molecule has 0 aliphatic carbocycles. The van der Waals surface area contributed by atoms with Crippen molar-refractivity contribution in [3.8, 4) is 0 Å². The number of carbonyl (C=O) groups excluding carboxylic acids is 1. The van der Waals surface area contributed by atoms with Gasteiger partial charge in [-0.25, -0.2) is 0 Å². The summed E-state index contributed by atoms with van der Waals surface area (Å²) in [4.78, 5) is 12.2. The molecule has 1 aliphatic heterocycles. The van der Waals surface area contributed by atoms with Crippen molar-refractivity contribution in [1.29, 1.82) is 0 Å². The lowest BCUT2D eigenvalue weighted by Crippen LogP contribution is -2.61. The summed E-state index contributed by atoms with van der Waals surface area (Å²) in [5, 5.41) is 0. The van der Waals surface area contributed by atoms with E-state index in [0.717, 1.165) is 22.9 Å². The van der Waals surface area contributed by atoms with E-state index in [1.54, 1.807) is 0 Å². The van der Waals surface area contributed by atoms with Crippen LogP contribution in [0.1, 0.15) is 30.0 Å². The van der Waals surface area contributed by atoms with Crippen LogP contribution in [0.15, 0.2) is 91.0 Å². The van der Waals surface area contributed by atoms with Crippen LogP contribution in [-0.4, -0.2) is 57.6 Å². The fraction of sp³-hybridized carbons (Fsp3) is 0.387. The molecular weight excluding hydrogens is 532 g/mol. The molecule has 0 spiro atoms. The number of hydrogen-bond acceptors (Lipinski definition) is 8. The summed E-state index contributed by atoms with van der Waals surface area (Å²) in [6, 6.07) is 28.9. The summed E-state index contributed by atoms with van der Waals surface area (Å²) in [5.41, 5.74) is 2.82. The van der Waals surface area contributed by atoms with Gasteiger partial charge in [0.25, 0.3) is 10.1 Å². The molecule has 1 aliphatic rings. The minimum Gasteiger partial charge on any atom is -0.374 e. The van der Waals surface area contributed by atoms with Crippen LogP contribution >= 0.6 is 0 Å². The number of hydrogen-bond donors (Lipinski definition) is 0. The standard InChI is InChI=1S/C31H36O8S/c1-23(32)18-27-30(39-40(2,33)34)31(37-21-26-16-10-5-11-17-26)29(36-20-25-14-8-4-9-15-25)28(38-27)22-35-19-24-12-6-3-7-13-24/h3-17,27-31H,18-22H2,1-2H3/t27-,28-,29-,30-,31+/m1/s1. The molecule has 0 unspecified atom stereocenters. The maximum Gasteiger partial charge on any atom is 0.264 e. The second kappa shape index (κ2) is 14.6. The van der Waals surface area contributed by atoms with E-state index in [9.17, 15) is 13.2 Å². The summed E-state index contributed by atoms with van der Waals surface area (Å²) >= 11 is 0. The molecule has 1 heterocycles. The van der Waals surface area contributed by atoms with Gasteiger partial charge in [-0.15, -0.1) is 0 Å². The Labute approximate surface area is 236 Å². The Kier molecular flexibility index (Phi) is 11.0. The molecule has 3 aromatic carbocycles. The number of benzene rings is 3. The molecule has 214 valence electrons. The Morgan fingerprint density at radius 1 is 0.700 bits per heavy atom. The minimum atomic E-state index is -3.93. The predicted molar refractivity (Wildman–Crippen MR) is 150 cm³/mol. The van der Waals surface area contributed by atoms with E-state index in [-0.39, 0.29) is 32.0 Å². The molecule has 0 bridgehead atoms. The maximum absolute atomic E-state index is 12.4. The topological polar surface area (TPSA) is 97.4 Å². The summed E-state index contributed by atoms with van der Waals surface area (Å²) < 4.78 is 55.4. The first-order valence-corrected chi connectivity index (χ1v) is 15.1. The minimum absolute atomic E-state index is 0.0496. The highest BCUT2D eigenvalue weighted by atomic mass is 32.2. The van der Waals surface area contributed by atoms with Gasteiger partial charge >= 0.3 is 0 Å². The van der Waals surface area contributed by atoms with E-state index in [1.165, 1.54) is 6.92 Å². The van der Waals surface area contributed by atoms with Crippen LogP contribution in [0, 0.1) is 0 Å². The monoisotopic (exact) mass is 568 g/mol. The van der Waals surface area contributed by atoms with Crippen molar-refractivity contribution in [2.45, 2.75) is 63.7 Å². The number of ether oxygens (including phenoxy) is 4. The number of Topliss-reactive ketones (excluding diaryl/α,β-unsaturated/α-hetero) is 1. The zero-order chi connectivity index (χ0) is 28.4. The van der Waals surface area contributed by atoms with Crippen LogP contribution < -0.4 is 0 Å². The summed E-state index contributed by atoms with van der Waals surface area (Å²) in [6.07, 6.45) is -3.34. The number of carbonyl (C=O) groups is 1. The average molecular weight is 569 g/mol. The van der Waals surface area contributed by atoms with Crippen LogP contribution in [0.4, 0.5) is 0 Å². The van der Waals surface area contributed by atoms with Crippen molar-refractivity contribution >= 4 is 15.9 Å². The zero-order valence-corrected chi connectivity index (χ0v) is 23.6. The lowest BCUT2D eigenvalue weighted by Gasteiger charge is -2.45. The number of rotatable bonds is 14. The highest BCUT2D eigenvalue weighted by molar-refractivity contribution is 7.86. The quantitative estimate of drug-likeness (QED) is 0.263. The Balaban J connectivity index is 1.63. The highest BCUT2D eigenvalue weighted by Gasteiger charge is 2.50. The second-order valence-corrected chi connectivity index (χ2v) is 11.5. The molecule has 4 rings (SSSR count). The highest BCUT2D eigenvalue weighted by Crippen LogP contribution is 2.32. The Morgan fingerprint density at radius 3 is 1.65 bits per heavy atom. The van der Waals surface area contributed by atoms with Gasteiger partial charge in [-0.05, 0) is 23.6 Å². The van der Waals surface area contributed by atoms with E-state index in [1.807, 2.05) is 91.0 Å². The molecule has 5 atom stereocenters. The fourth-order valence-electron chi connectivity index (χ4n) is 4.68. The summed E-state index contributed by atoms with van der Waals surface area (Å²) in [5.74, 6) is -0.165. The van der Waals surface area contributed by atoms with Crippen LogP contribution in [0.3, 0.4) is 0 Å². The third kappa shape index (κ3) is 9.33. The van der Waals surface area contributed by atoms with E-state index in [2.05, 4.69) is 0 Å². The normalized spacial score (nSPS) is 23.1. The van der Waals surface area contributed by atoms with Gasteiger partial charge in [-0.2, -0.15) is 8.42 Å². The Bertz CT molecular complexity index is 1280. The predicted octanol–water partition coefficient (Wildman–Crippen LogP) is 4.47. The first-order chi connectivity index (χ1) is 19.3. The maximum atomic E-state index is 12.4. The smallest absolute Gasteiger partial charge is 0.264 e. The van der Waals surface area contributed by atoms with Gasteiger partial charge in [0.2, 0.25) is 0 Å². The average Bonchev–Trinajstić information content (AvgIpc) is 2.93. The van der Waals surface area contributed by atoms with Gasteiger partial charge in [0.05, 0.1) is 38.8 Å². The summed E-state index contributed by atoms with van der Waals surface area (Å²) in [7, 11) is -3.93. The molecule has 8 nitrogen and oxygen atoms in total. The van der Waals surface area contributed by atoms with Crippen LogP contribution in [0.25, 0.3) is 0 Å². The zero-order valence-electron chi connectivity index (χ0n) is 22.8. The van der Waals surface area contributed by atoms with Crippen molar-refractivity contribution in [1.82, 2.24) is 0 Å². The van der Waals surface area contributed by atoms with Gasteiger partial charge < -0.3 is 18.9 Å². The number of ketones is 1. The van der Waals surface area contributed by atoms with Crippen molar-refractivity contribution < 1.29 is 36.3 Å². The largest absolute Gasteiger partial charge is 0.374 e. The van der Waals surface area contributed by atoms with Crippen LogP contribution in [0.5, 0.6) is 0 Å². The molecule has 40 heavy (non-hydrogen) atoms. The molecule has 3 aromatic rings. The first-order valence-electron chi connectivity index (χ1n) is 13.2. The molecule has 0 aromatic heterocycles. The van der Waals surface area contributed by atoms with E-state index in [4.69, 9.17) is 23.1 Å². The molecule has 0 N–H and O–H groups in total. The second-order valence-electron chi connectivity index (χ2n) is 9.91. The molecule has 9 heteroatoms. The van der Waals surface area contributed by atoms with E-state index < -0.39 is 40.6 Å². The van der Waals surface area contributed by atoms with E-state index in [0.29, 0.717) is 6.61 Å². The SMILES string of the molecule is CC(=O)C[C@H]1O[C@H](COCc2ccccc2)[C@@H](OCc2ccccc2)[C@H](OCc2ccccc2)[C@@H]1OS(C)(=O)=O. The molecule has 1 fully saturated rings. The van der Waals surface area contributed by atoms with Gasteiger partial charge in [0.15, 0.2) is 0 Å². The fourth-order valence-corrected chi connectivity index (χ4v) is 5.32. The lowest BCUT2D eigenvalue weighted by atomic mass is 9.92. The van der Waals surface area contributed by atoms with Gasteiger partial charge in [-0.1, -0.05) is 91.0 Å². The van der Waals surface area contributed by atoms with Gasteiger partial charge in [0, 0.05) is 6.42 Å². The van der Waals surface area contributed by atoms with Crippen molar-refractivity contribution in [2.75, 3.05) is 12.9 Å². The van der Waals surface area contributed by atoms with Gasteiger partial charge in [0.1, 0.15) is 30.2 Å². The third-order valence-corrected chi connectivity index (χ3v) is 7.04. The van der Waals surface area contributed by atoms with Crippen molar-refractivity contribution in [3.63, 3.8) is 0 Å². The Hall–Kier alpha value is -2.92. The molecular formula is C31H36O8S. The van der Waals surface area contributed by atoms with E-state index >= 15 is 0 Å².